The molecule has 0 bridgehead atoms. The van der Waals surface area contributed by atoms with E-state index < -0.39 is 0 Å². The molecule has 21 heavy (non-hydrogen) atoms. The van der Waals surface area contributed by atoms with Crippen LogP contribution >= 0.6 is 46.8 Å². The molecule has 2 aromatic rings. The van der Waals surface area contributed by atoms with Gasteiger partial charge in [-0.15, -0.1) is 10.2 Å². The monoisotopic (exact) mass is 362 g/mol. The van der Waals surface area contributed by atoms with Gasteiger partial charge in [-0.2, -0.15) is 5.10 Å². The van der Waals surface area contributed by atoms with Gasteiger partial charge in [0.05, 0.1) is 0 Å². The lowest BCUT2D eigenvalue weighted by atomic mass is 10.4. The molecular weight excluding hydrogens is 344 g/mol. The first-order valence-corrected chi connectivity index (χ1v) is 9.28. The molecular formula is C11H18N6S4. The van der Waals surface area contributed by atoms with Crippen molar-refractivity contribution in [2.45, 2.75) is 18.2 Å². The van der Waals surface area contributed by atoms with Crippen LogP contribution in [0.5, 0.6) is 0 Å². The predicted octanol–water partition coefficient (Wildman–Crippen LogP) is 2.61. The van der Waals surface area contributed by atoms with Crippen LogP contribution in [0.15, 0.2) is 4.34 Å². The van der Waals surface area contributed by atoms with E-state index in [4.69, 9.17) is 12.2 Å². The summed E-state index contributed by atoms with van der Waals surface area (Å²) in [7, 11) is 2.16. The Bertz CT molecular complexity index is 598. The highest BCUT2D eigenvalue weighted by Gasteiger charge is 2.16. The molecule has 0 unspecified atom stereocenters. The lowest BCUT2D eigenvalue weighted by Crippen LogP contribution is -2.40. The van der Waals surface area contributed by atoms with Crippen LogP contribution in [0.4, 0.5) is 0 Å². The molecule has 1 saturated heterocycles. The Morgan fingerprint density at radius 3 is 2.24 bits per heavy atom. The van der Waals surface area contributed by atoms with E-state index in [1.807, 2.05) is 13.8 Å². The molecule has 0 aliphatic carbocycles. The third kappa shape index (κ3) is 6.09. The fourth-order valence-electron chi connectivity index (χ4n) is 1.61. The SMILES string of the molecule is Cc1n[nH]c(=S)s1.Cc1nnc(SN2CCN(C)CC2)s1. The molecule has 0 atom stereocenters. The summed E-state index contributed by atoms with van der Waals surface area (Å²) in [5.74, 6) is 0. The van der Waals surface area contributed by atoms with Gasteiger partial charge in [0.15, 0.2) is 8.29 Å². The predicted molar refractivity (Wildman–Crippen MR) is 91.6 cm³/mol. The first-order valence-electron chi connectivity index (χ1n) is 6.46. The maximum absolute atomic E-state index is 4.73. The highest BCUT2D eigenvalue weighted by Crippen LogP contribution is 2.26. The third-order valence-electron chi connectivity index (χ3n) is 2.72. The van der Waals surface area contributed by atoms with E-state index in [0.29, 0.717) is 0 Å². The molecule has 0 radical (unpaired) electrons. The molecule has 0 aromatic carbocycles. The molecule has 116 valence electrons. The summed E-state index contributed by atoms with van der Waals surface area (Å²) in [4.78, 5) is 2.35. The number of nitrogens with zero attached hydrogens (tertiary/aromatic N) is 5. The molecule has 3 heterocycles. The van der Waals surface area contributed by atoms with E-state index >= 15 is 0 Å². The molecule has 0 amide bonds. The second kappa shape index (κ2) is 8.30. The number of hydrogen-bond donors (Lipinski definition) is 1. The second-order valence-corrected chi connectivity index (χ2v) is 8.94. The summed E-state index contributed by atoms with van der Waals surface area (Å²) in [5, 5.41) is 16.6. The zero-order chi connectivity index (χ0) is 15.2. The van der Waals surface area contributed by atoms with Crippen molar-refractivity contribution in [2.75, 3.05) is 33.2 Å². The van der Waals surface area contributed by atoms with Gasteiger partial charge < -0.3 is 4.90 Å². The Labute approximate surface area is 141 Å². The van der Waals surface area contributed by atoms with Crippen molar-refractivity contribution in [1.29, 1.82) is 0 Å². The van der Waals surface area contributed by atoms with Crippen LogP contribution in [0.1, 0.15) is 10.0 Å². The molecule has 1 N–H and O–H groups in total. The van der Waals surface area contributed by atoms with E-state index in [0.717, 1.165) is 44.5 Å². The summed E-state index contributed by atoms with van der Waals surface area (Å²) in [6, 6.07) is 0. The minimum absolute atomic E-state index is 0.748. The maximum Gasteiger partial charge on any atom is 0.189 e. The van der Waals surface area contributed by atoms with Crippen LogP contribution < -0.4 is 0 Å². The Morgan fingerprint density at radius 2 is 1.81 bits per heavy atom. The summed E-state index contributed by atoms with van der Waals surface area (Å²) >= 11 is 9.63. The molecule has 1 aliphatic heterocycles. The summed E-state index contributed by atoms with van der Waals surface area (Å²) in [6.07, 6.45) is 0. The third-order valence-corrected chi connectivity index (χ3v) is 5.69. The Balaban J connectivity index is 0.000000194. The number of aromatic amines is 1. The molecule has 0 spiro atoms. The largest absolute Gasteiger partial charge is 0.304 e. The molecule has 3 rings (SSSR count). The van der Waals surface area contributed by atoms with E-state index in [1.165, 1.54) is 11.3 Å². The van der Waals surface area contributed by atoms with Crippen molar-refractivity contribution in [1.82, 2.24) is 29.6 Å². The average molecular weight is 363 g/mol. The molecule has 1 aliphatic rings. The van der Waals surface area contributed by atoms with E-state index in [9.17, 15) is 0 Å². The zero-order valence-corrected chi connectivity index (χ0v) is 15.5. The van der Waals surface area contributed by atoms with Gasteiger partial charge in [-0.3, -0.25) is 5.10 Å². The number of hydrogen-bond acceptors (Lipinski definition) is 9. The fourth-order valence-corrected chi connectivity index (χ4v) is 4.35. The minimum atomic E-state index is 0.748. The maximum atomic E-state index is 4.73. The normalized spacial score (nSPS) is 16.5. The van der Waals surface area contributed by atoms with E-state index in [-0.39, 0.29) is 0 Å². The van der Waals surface area contributed by atoms with Gasteiger partial charge in [-0.05, 0) is 45.1 Å². The Kier molecular flexibility index (Phi) is 6.71. The minimum Gasteiger partial charge on any atom is -0.304 e. The number of H-pyrrole nitrogens is 1. The zero-order valence-electron chi connectivity index (χ0n) is 12.2. The van der Waals surface area contributed by atoms with Crippen LogP contribution in [0.3, 0.4) is 0 Å². The van der Waals surface area contributed by atoms with Crippen molar-refractivity contribution in [3.63, 3.8) is 0 Å². The molecule has 0 saturated carbocycles. The van der Waals surface area contributed by atoms with Crippen LogP contribution in [-0.4, -0.2) is 62.8 Å². The second-order valence-electron chi connectivity index (χ2n) is 4.54. The van der Waals surface area contributed by atoms with Gasteiger partial charge >= 0.3 is 0 Å². The molecule has 10 heteroatoms. The van der Waals surface area contributed by atoms with Crippen molar-refractivity contribution in [3.05, 3.63) is 14.0 Å². The van der Waals surface area contributed by atoms with Gasteiger partial charge in [0.2, 0.25) is 0 Å². The summed E-state index contributed by atoms with van der Waals surface area (Å²) in [6.45, 7) is 8.41. The Morgan fingerprint density at radius 1 is 1.10 bits per heavy atom. The topological polar surface area (TPSA) is 60.9 Å². The van der Waals surface area contributed by atoms with Crippen LogP contribution in [0.25, 0.3) is 0 Å². The van der Waals surface area contributed by atoms with Crippen LogP contribution in [-0.2, 0) is 0 Å². The number of piperazine rings is 1. The van der Waals surface area contributed by atoms with Gasteiger partial charge in [-0.1, -0.05) is 22.7 Å². The number of likely N-dealkylation sites (N-methyl/N-ethyl adjacent to an activating group) is 1. The fraction of sp³-hybridized carbons (Fsp3) is 0.636. The standard InChI is InChI=1S/C8H14N4S2.C3H4N2S2/c1-7-9-10-8(13-7)14-12-5-3-11(2)4-6-12;1-2-4-5-3(6)7-2/h3-6H2,1-2H3;1H3,(H,5,6). The number of aryl methyl sites for hydroxylation is 2. The molecule has 6 nitrogen and oxygen atoms in total. The van der Waals surface area contributed by atoms with Gasteiger partial charge in [-0.25, -0.2) is 4.31 Å². The number of aromatic nitrogens is 4. The van der Waals surface area contributed by atoms with Gasteiger partial charge in [0.25, 0.3) is 0 Å². The van der Waals surface area contributed by atoms with Crippen LogP contribution in [0, 0.1) is 17.8 Å². The first-order chi connectivity index (χ1) is 10.0. The molecule has 2 aromatic heterocycles. The highest BCUT2D eigenvalue weighted by molar-refractivity contribution is 7.98. The quantitative estimate of drug-likeness (QED) is 0.651. The highest BCUT2D eigenvalue weighted by atomic mass is 32.2. The lowest BCUT2D eigenvalue weighted by Gasteiger charge is -2.30. The van der Waals surface area contributed by atoms with Crippen molar-refractivity contribution < 1.29 is 0 Å². The van der Waals surface area contributed by atoms with Gasteiger partial charge in [0.1, 0.15) is 10.0 Å². The van der Waals surface area contributed by atoms with E-state index in [1.54, 1.807) is 23.3 Å². The van der Waals surface area contributed by atoms with Gasteiger partial charge in [0, 0.05) is 26.2 Å². The van der Waals surface area contributed by atoms with E-state index in [2.05, 4.69) is 36.6 Å². The first kappa shape index (κ1) is 17.0. The number of rotatable bonds is 2. The lowest BCUT2D eigenvalue weighted by molar-refractivity contribution is 0.233. The van der Waals surface area contributed by atoms with Crippen LogP contribution in [0.2, 0.25) is 0 Å². The summed E-state index contributed by atoms with van der Waals surface area (Å²) < 4.78 is 4.17. The smallest absolute Gasteiger partial charge is 0.189 e. The van der Waals surface area contributed by atoms with Crippen molar-refractivity contribution in [3.8, 4) is 0 Å². The average Bonchev–Trinajstić information content (AvgIpc) is 3.02. The number of nitrogens with one attached hydrogen (secondary N) is 1. The summed E-state index contributed by atoms with van der Waals surface area (Å²) in [5.41, 5.74) is 0. The Hall–Kier alpha value is -0.390. The van der Waals surface area contributed by atoms with Crippen molar-refractivity contribution >= 4 is 46.8 Å². The molecule has 1 fully saturated rings. The van der Waals surface area contributed by atoms with Crippen molar-refractivity contribution in [2.24, 2.45) is 0 Å².